The second kappa shape index (κ2) is 4.52. The number of fused-ring (bicyclic) bond motifs is 1. The molecule has 18 heavy (non-hydrogen) atoms. The highest BCUT2D eigenvalue weighted by Gasteiger charge is 2.17. The summed E-state index contributed by atoms with van der Waals surface area (Å²) in [6.07, 6.45) is 0. The van der Waals surface area contributed by atoms with Gasteiger partial charge in [-0.25, -0.2) is 4.79 Å². The van der Waals surface area contributed by atoms with E-state index < -0.39 is 11.9 Å². The van der Waals surface area contributed by atoms with Crippen molar-refractivity contribution < 1.29 is 19.1 Å². The van der Waals surface area contributed by atoms with Crippen LogP contribution in [0.4, 0.5) is 0 Å². The largest absolute Gasteiger partial charge is 0.465 e. The molecule has 0 aliphatic carbocycles. The number of benzene rings is 1. The van der Waals surface area contributed by atoms with Gasteiger partial charge in [-0.3, -0.25) is 4.79 Å². The Morgan fingerprint density at radius 1 is 1.28 bits per heavy atom. The molecule has 0 saturated heterocycles. The third-order valence-electron chi connectivity index (χ3n) is 2.61. The van der Waals surface area contributed by atoms with Gasteiger partial charge in [-0.15, -0.1) is 0 Å². The number of aromatic amines is 1. The Bertz CT molecular complexity index is 627. The second-order valence-corrected chi connectivity index (χ2v) is 3.92. The number of carbonyl (C=O) groups is 2. The summed E-state index contributed by atoms with van der Waals surface area (Å²) in [7, 11) is 1.33. The van der Waals surface area contributed by atoms with Crippen LogP contribution in [0.15, 0.2) is 18.2 Å². The molecule has 5 heteroatoms. The molecular formula is C13H13NO4. The average Bonchev–Trinajstić information content (AvgIpc) is 2.63. The van der Waals surface area contributed by atoms with E-state index in [1.54, 1.807) is 25.1 Å². The molecule has 0 unspecified atom stereocenters. The van der Waals surface area contributed by atoms with Crippen molar-refractivity contribution in [3.05, 3.63) is 29.5 Å². The number of esters is 2. The minimum Gasteiger partial charge on any atom is -0.465 e. The molecule has 1 heterocycles. The summed E-state index contributed by atoms with van der Waals surface area (Å²) >= 11 is 0. The van der Waals surface area contributed by atoms with Gasteiger partial charge < -0.3 is 14.5 Å². The van der Waals surface area contributed by atoms with E-state index in [1.807, 2.05) is 0 Å². The fourth-order valence-electron chi connectivity index (χ4n) is 1.90. The van der Waals surface area contributed by atoms with Crippen molar-refractivity contribution in [2.24, 2.45) is 0 Å². The van der Waals surface area contributed by atoms with Crippen LogP contribution in [0.25, 0.3) is 10.9 Å². The summed E-state index contributed by atoms with van der Waals surface area (Å²) in [5.41, 5.74) is 1.97. The summed E-state index contributed by atoms with van der Waals surface area (Å²) in [5, 5.41) is 0.679. The van der Waals surface area contributed by atoms with Crippen LogP contribution >= 0.6 is 0 Å². The van der Waals surface area contributed by atoms with E-state index in [4.69, 9.17) is 9.47 Å². The first kappa shape index (κ1) is 12.2. The fourth-order valence-corrected chi connectivity index (χ4v) is 1.90. The number of hydrogen-bond acceptors (Lipinski definition) is 4. The predicted octanol–water partition coefficient (Wildman–Crippen LogP) is 2.19. The minimum absolute atomic E-state index is 0.402. The number of nitrogens with one attached hydrogen (secondary N) is 1. The molecule has 0 atom stereocenters. The second-order valence-electron chi connectivity index (χ2n) is 3.92. The van der Waals surface area contributed by atoms with Gasteiger partial charge in [-0.2, -0.15) is 0 Å². The standard InChI is InChI=1S/C13H13NO4/c1-7-12(13(16)17-3)10-6-9(18-8(2)15)4-5-11(10)14-7/h4-6,14H,1-3H3. The first-order valence-corrected chi connectivity index (χ1v) is 5.42. The summed E-state index contributed by atoms with van der Waals surface area (Å²) < 4.78 is 9.73. The van der Waals surface area contributed by atoms with Crippen LogP contribution in [0.2, 0.25) is 0 Å². The van der Waals surface area contributed by atoms with Crippen LogP contribution in [-0.2, 0) is 9.53 Å². The fraction of sp³-hybridized carbons (Fsp3) is 0.231. The molecule has 0 saturated carbocycles. The SMILES string of the molecule is COC(=O)c1c(C)[nH]c2ccc(OC(C)=O)cc12. The van der Waals surface area contributed by atoms with E-state index in [0.717, 1.165) is 11.2 Å². The molecule has 5 nitrogen and oxygen atoms in total. The lowest BCUT2D eigenvalue weighted by atomic mass is 10.1. The number of carbonyl (C=O) groups excluding carboxylic acids is 2. The van der Waals surface area contributed by atoms with Crippen LogP contribution in [0.3, 0.4) is 0 Å². The number of aromatic nitrogens is 1. The van der Waals surface area contributed by atoms with Crippen molar-refractivity contribution in [1.29, 1.82) is 0 Å². The molecule has 1 aromatic carbocycles. The minimum atomic E-state index is -0.418. The van der Waals surface area contributed by atoms with Crippen molar-refractivity contribution in [1.82, 2.24) is 4.98 Å². The number of aryl methyl sites for hydroxylation is 1. The van der Waals surface area contributed by atoms with Gasteiger partial charge in [-0.1, -0.05) is 0 Å². The Morgan fingerprint density at radius 2 is 2.00 bits per heavy atom. The lowest BCUT2D eigenvalue weighted by Gasteiger charge is -2.02. The van der Waals surface area contributed by atoms with E-state index in [1.165, 1.54) is 14.0 Å². The van der Waals surface area contributed by atoms with Crippen molar-refractivity contribution >= 4 is 22.8 Å². The van der Waals surface area contributed by atoms with Gasteiger partial charge in [-0.05, 0) is 25.1 Å². The summed E-state index contributed by atoms with van der Waals surface area (Å²) in [6, 6.07) is 5.07. The maximum Gasteiger partial charge on any atom is 0.340 e. The molecule has 1 N–H and O–H groups in total. The number of H-pyrrole nitrogens is 1. The van der Waals surface area contributed by atoms with E-state index in [9.17, 15) is 9.59 Å². The molecular weight excluding hydrogens is 234 g/mol. The summed E-state index contributed by atoms with van der Waals surface area (Å²) in [5.74, 6) is -0.417. The molecule has 0 amide bonds. The van der Waals surface area contributed by atoms with Gasteiger partial charge in [0.05, 0.1) is 12.7 Å². The van der Waals surface area contributed by atoms with Gasteiger partial charge in [0, 0.05) is 23.5 Å². The van der Waals surface area contributed by atoms with Crippen LogP contribution in [0.5, 0.6) is 5.75 Å². The van der Waals surface area contributed by atoms with Gasteiger partial charge in [0.1, 0.15) is 5.75 Å². The third kappa shape index (κ3) is 2.07. The average molecular weight is 247 g/mol. The van der Waals surface area contributed by atoms with Gasteiger partial charge in [0.2, 0.25) is 0 Å². The molecule has 0 spiro atoms. The highest BCUT2D eigenvalue weighted by molar-refractivity contribution is 6.06. The highest BCUT2D eigenvalue weighted by atomic mass is 16.5. The summed E-state index contributed by atoms with van der Waals surface area (Å²) in [6.45, 7) is 3.12. The van der Waals surface area contributed by atoms with E-state index >= 15 is 0 Å². The molecule has 0 fully saturated rings. The zero-order chi connectivity index (χ0) is 13.3. The molecule has 94 valence electrons. The van der Waals surface area contributed by atoms with Crippen LogP contribution in [0.1, 0.15) is 23.0 Å². The van der Waals surface area contributed by atoms with Crippen molar-refractivity contribution in [3.63, 3.8) is 0 Å². The Hall–Kier alpha value is -2.30. The number of rotatable bonds is 2. The Morgan fingerprint density at radius 3 is 2.61 bits per heavy atom. The Balaban J connectivity index is 2.59. The van der Waals surface area contributed by atoms with Crippen molar-refractivity contribution in [3.8, 4) is 5.75 Å². The topological polar surface area (TPSA) is 68.4 Å². The van der Waals surface area contributed by atoms with Crippen molar-refractivity contribution in [2.45, 2.75) is 13.8 Å². The van der Waals surface area contributed by atoms with Crippen LogP contribution in [0, 0.1) is 6.92 Å². The normalized spacial score (nSPS) is 10.4. The zero-order valence-corrected chi connectivity index (χ0v) is 10.4. The van der Waals surface area contributed by atoms with Gasteiger partial charge in [0.25, 0.3) is 0 Å². The molecule has 0 aliphatic rings. The number of ether oxygens (including phenoxy) is 2. The molecule has 1 aromatic heterocycles. The van der Waals surface area contributed by atoms with Crippen LogP contribution < -0.4 is 4.74 Å². The lowest BCUT2D eigenvalue weighted by Crippen LogP contribution is -2.03. The molecule has 2 aromatic rings. The summed E-state index contributed by atoms with van der Waals surface area (Å²) in [4.78, 5) is 25.7. The molecule has 0 bridgehead atoms. The monoisotopic (exact) mass is 247 g/mol. The molecule has 0 aliphatic heterocycles. The maximum absolute atomic E-state index is 11.7. The first-order chi connectivity index (χ1) is 8.52. The number of methoxy groups -OCH3 is 1. The van der Waals surface area contributed by atoms with E-state index in [0.29, 0.717) is 16.7 Å². The smallest absolute Gasteiger partial charge is 0.340 e. The predicted molar refractivity (Wildman–Crippen MR) is 65.7 cm³/mol. The Kier molecular flexibility index (Phi) is 3.06. The first-order valence-electron chi connectivity index (χ1n) is 5.42. The van der Waals surface area contributed by atoms with E-state index in [2.05, 4.69) is 4.98 Å². The van der Waals surface area contributed by atoms with Gasteiger partial charge in [0.15, 0.2) is 0 Å². The Labute approximate surface area is 104 Å². The molecule has 0 radical (unpaired) electrons. The van der Waals surface area contributed by atoms with Gasteiger partial charge >= 0.3 is 11.9 Å². The lowest BCUT2D eigenvalue weighted by molar-refractivity contribution is -0.131. The van der Waals surface area contributed by atoms with Crippen molar-refractivity contribution in [2.75, 3.05) is 7.11 Å². The third-order valence-corrected chi connectivity index (χ3v) is 2.61. The van der Waals surface area contributed by atoms with E-state index in [-0.39, 0.29) is 0 Å². The zero-order valence-electron chi connectivity index (χ0n) is 10.4. The molecule has 2 rings (SSSR count). The maximum atomic E-state index is 11.7. The van der Waals surface area contributed by atoms with Crippen LogP contribution in [-0.4, -0.2) is 24.0 Å². The number of hydrogen-bond donors (Lipinski definition) is 1. The quantitative estimate of drug-likeness (QED) is 0.652. The highest BCUT2D eigenvalue weighted by Crippen LogP contribution is 2.27.